The van der Waals surface area contributed by atoms with Gasteiger partial charge in [-0.15, -0.1) is 0 Å². The Hall–Kier alpha value is -2.10. The predicted octanol–water partition coefficient (Wildman–Crippen LogP) is 0.592. The molecule has 17 heavy (non-hydrogen) atoms. The van der Waals surface area contributed by atoms with Crippen molar-refractivity contribution in [3.05, 3.63) is 0 Å². The Labute approximate surface area is 100 Å². The van der Waals surface area contributed by atoms with Crippen molar-refractivity contribution in [1.82, 2.24) is 15.0 Å². The number of hydrogen-bond donors (Lipinski definition) is 1. The first kappa shape index (κ1) is 13.0. The standard InChI is InChI=1S/C10H16N6O/c1-3-16(7-5-6-11)9-13-8(12)14-10(15-9)17-4-2/h3-5,7H2,1-2H3,(H2,12,13,14,15). The molecule has 0 aliphatic heterocycles. The van der Waals surface area contributed by atoms with Gasteiger partial charge in [-0.1, -0.05) is 0 Å². The molecule has 1 aromatic heterocycles. The van der Waals surface area contributed by atoms with Crippen molar-refractivity contribution in [3.63, 3.8) is 0 Å². The molecule has 0 atom stereocenters. The smallest absolute Gasteiger partial charge is 0.323 e. The Morgan fingerprint density at radius 2 is 2.12 bits per heavy atom. The molecule has 0 fully saturated rings. The first-order chi connectivity index (χ1) is 8.21. The van der Waals surface area contributed by atoms with Gasteiger partial charge in [-0.3, -0.25) is 0 Å². The number of aromatic nitrogens is 3. The maximum Gasteiger partial charge on any atom is 0.323 e. The molecule has 7 nitrogen and oxygen atoms in total. The molecule has 1 aromatic rings. The molecule has 92 valence electrons. The zero-order valence-corrected chi connectivity index (χ0v) is 10.1. The lowest BCUT2D eigenvalue weighted by molar-refractivity contribution is 0.312. The van der Waals surface area contributed by atoms with Gasteiger partial charge in [0.2, 0.25) is 11.9 Å². The van der Waals surface area contributed by atoms with Crippen LogP contribution in [0, 0.1) is 11.3 Å². The quantitative estimate of drug-likeness (QED) is 0.771. The number of nitrogens with zero attached hydrogens (tertiary/aromatic N) is 5. The Morgan fingerprint density at radius 1 is 1.35 bits per heavy atom. The van der Waals surface area contributed by atoms with Crippen molar-refractivity contribution in [1.29, 1.82) is 5.26 Å². The van der Waals surface area contributed by atoms with E-state index in [1.807, 2.05) is 18.7 Å². The van der Waals surface area contributed by atoms with E-state index >= 15 is 0 Å². The van der Waals surface area contributed by atoms with E-state index in [9.17, 15) is 0 Å². The highest BCUT2D eigenvalue weighted by atomic mass is 16.5. The molecule has 1 rings (SSSR count). The number of nitrogens with two attached hydrogens (primary N) is 1. The summed E-state index contributed by atoms with van der Waals surface area (Å²) in [5, 5.41) is 8.57. The van der Waals surface area contributed by atoms with Crippen molar-refractivity contribution in [3.8, 4) is 12.1 Å². The van der Waals surface area contributed by atoms with Crippen molar-refractivity contribution in [2.24, 2.45) is 0 Å². The number of ether oxygens (including phenoxy) is 1. The molecule has 0 saturated heterocycles. The van der Waals surface area contributed by atoms with Gasteiger partial charge in [-0.05, 0) is 13.8 Å². The van der Waals surface area contributed by atoms with Crippen LogP contribution < -0.4 is 15.4 Å². The maximum atomic E-state index is 8.57. The highest BCUT2D eigenvalue weighted by Gasteiger charge is 2.11. The second kappa shape index (κ2) is 6.48. The highest BCUT2D eigenvalue weighted by molar-refractivity contribution is 5.35. The van der Waals surface area contributed by atoms with Crippen LogP contribution in [0.1, 0.15) is 20.3 Å². The Bertz CT molecular complexity index is 402. The fourth-order valence-electron chi connectivity index (χ4n) is 1.28. The van der Waals surface area contributed by atoms with Crippen LogP contribution in [0.5, 0.6) is 6.01 Å². The zero-order valence-electron chi connectivity index (χ0n) is 10.1. The Balaban J connectivity index is 2.90. The molecule has 0 radical (unpaired) electrons. The lowest BCUT2D eigenvalue weighted by Crippen LogP contribution is -2.26. The average Bonchev–Trinajstić information content (AvgIpc) is 2.30. The predicted molar refractivity (Wildman–Crippen MR) is 63.5 cm³/mol. The van der Waals surface area contributed by atoms with Gasteiger partial charge in [0.05, 0.1) is 19.1 Å². The fourth-order valence-corrected chi connectivity index (χ4v) is 1.28. The van der Waals surface area contributed by atoms with E-state index in [0.717, 1.165) is 0 Å². The summed E-state index contributed by atoms with van der Waals surface area (Å²) >= 11 is 0. The summed E-state index contributed by atoms with van der Waals surface area (Å²) in [6.07, 6.45) is 0.406. The lowest BCUT2D eigenvalue weighted by Gasteiger charge is -2.19. The Morgan fingerprint density at radius 3 is 2.71 bits per heavy atom. The number of nitrogen functional groups attached to an aromatic ring is 1. The van der Waals surface area contributed by atoms with Crippen molar-refractivity contribution >= 4 is 11.9 Å². The summed E-state index contributed by atoms with van der Waals surface area (Å²) in [5.74, 6) is 0.563. The molecule has 0 bridgehead atoms. The van der Waals surface area contributed by atoms with E-state index < -0.39 is 0 Å². The molecule has 0 amide bonds. The topological polar surface area (TPSA) is 101 Å². The second-order valence-electron chi connectivity index (χ2n) is 3.20. The van der Waals surface area contributed by atoms with Gasteiger partial charge in [0, 0.05) is 13.1 Å². The highest BCUT2D eigenvalue weighted by Crippen LogP contribution is 2.13. The van der Waals surface area contributed by atoms with Gasteiger partial charge in [0.1, 0.15) is 0 Å². The van der Waals surface area contributed by atoms with E-state index in [1.165, 1.54) is 0 Å². The maximum absolute atomic E-state index is 8.57. The molecule has 0 unspecified atom stereocenters. The van der Waals surface area contributed by atoms with Gasteiger partial charge >= 0.3 is 6.01 Å². The summed E-state index contributed by atoms with van der Waals surface area (Å²) < 4.78 is 5.19. The summed E-state index contributed by atoms with van der Waals surface area (Å²) in [4.78, 5) is 13.9. The minimum atomic E-state index is 0.119. The summed E-state index contributed by atoms with van der Waals surface area (Å²) in [5.41, 5.74) is 5.58. The number of hydrogen-bond acceptors (Lipinski definition) is 7. The first-order valence-electron chi connectivity index (χ1n) is 5.47. The molecular weight excluding hydrogens is 220 g/mol. The van der Waals surface area contributed by atoms with Crippen LogP contribution in [0.2, 0.25) is 0 Å². The van der Waals surface area contributed by atoms with Crippen LogP contribution in [-0.2, 0) is 0 Å². The monoisotopic (exact) mass is 236 g/mol. The number of anilines is 2. The first-order valence-corrected chi connectivity index (χ1v) is 5.47. The number of rotatable bonds is 6. The van der Waals surface area contributed by atoms with Gasteiger partial charge in [0.25, 0.3) is 0 Å². The minimum Gasteiger partial charge on any atom is -0.464 e. The molecule has 0 saturated carbocycles. The molecular formula is C10H16N6O. The summed E-state index contributed by atoms with van der Waals surface area (Å²) in [6.45, 7) is 5.51. The van der Waals surface area contributed by atoms with Gasteiger partial charge in [0.15, 0.2) is 0 Å². The number of nitriles is 1. The third-order valence-electron chi connectivity index (χ3n) is 2.05. The molecule has 2 N–H and O–H groups in total. The minimum absolute atomic E-state index is 0.119. The van der Waals surface area contributed by atoms with E-state index in [-0.39, 0.29) is 12.0 Å². The SMILES string of the molecule is CCOc1nc(N)nc(N(CC)CCC#N)n1. The molecule has 0 aliphatic rings. The Kier molecular flexibility index (Phi) is 4.94. The second-order valence-corrected chi connectivity index (χ2v) is 3.20. The molecule has 1 heterocycles. The van der Waals surface area contributed by atoms with Crippen LogP contribution >= 0.6 is 0 Å². The summed E-state index contributed by atoms with van der Waals surface area (Å²) in [7, 11) is 0. The van der Waals surface area contributed by atoms with Crippen molar-refractivity contribution < 1.29 is 4.74 Å². The third-order valence-corrected chi connectivity index (χ3v) is 2.05. The van der Waals surface area contributed by atoms with Crippen LogP contribution in [0.15, 0.2) is 0 Å². The zero-order chi connectivity index (χ0) is 12.7. The average molecular weight is 236 g/mol. The molecule has 0 aromatic carbocycles. The molecule has 7 heteroatoms. The van der Waals surface area contributed by atoms with Gasteiger partial charge in [-0.2, -0.15) is 20.2 Å². The van der Waals surface area contributed by atoms with Crippen LogP contribution in [-0.4, -0.2) is 34.6 Å². The largest absolute Gasteiger partial charge is 0.464 e. The van der Waals surface area contributed by atoms with E-state index in [0.29, 0.717) is 32.1 Å². The lowest BCUT2D eigenvalue weighted by atomic mass is 10.4. The van der Waals surface area contributed by atoms with Gasteiger partial charge < -0.3 is 15.4 Å². The van der Waals surface area contributed by atoms with Gasteiger partial charge in [-0.25, -0.2) is 0 Å². The van der Waals surface area contributed by atoms with Crippen LogP contribution in [0.3, 0.4) is 0 Å². The van der Waals surface area contributed by atoms with Crippen LogP contribution in [0.4, 0.5) is 11.9 Å². The molecule has 0 aliphatic carbocycles. The van der Waals surface area contributed by atoms with E-state index in [2.05, 4.69) is 21.0 Å². The third kappa shape index (κ3) is 3.75. The van der Waals surface area contributed by atoms with E-state index in [1.54, 1.807) is 0 Å². The van der Waals surface area contributed by atoms with E-state index in [4.69, 9.17) is 15.7 Å². The van der Waals surface area contributed by atoms with Crippen molar-refractivity contribution in [2.45, 2.75) is 20.3 Å². The van der Waals surface area contributed by atoms with Crippen molar-refractivity contribution in [2.75, 3.05) is 30.3 Å². The normalized spacial score (nSPS) is 9.71. The molecule has 0 spiro atoms. The fraction of sp³-hybridized carbons (Fsp3) is 0.600. The van der Waals surface area contributed by atoms with Crippen LogP contribution in [0.25, 0.3) is 0 Å². The summed E-state index contributed by atoms with van der Waals surface area (Å²) in [6, 6.07) is 2.29.